The highest BCUT2D eigenvalue weighted by Crippen LogP contribution is 2.50. The van der Waals surface area contributed by atoms with Crippen molar-refractivity contribution < 1.29 is 14.3 Å². The summed E-state index contributed by atoms with van der Waals surface area (Å²) in [6, 6.07) is 6.10. The van der Waals surface area contributed by atoms with Crippen molar-refractivity contribution in [2.75, 3.05) is 0 Å². The van der Waals surface area contributed by atoms with Crippen LogP contribution in [0.25, 0.3) is 0 Å². The number of rotatable bonds is 3. The summed E-state index contributed by atoms with van der Waals surface area (Å²) in [5, 5.41) is 0. The molecule has 3 nitrogen and oxygen atoms in total. The van der Waals surface area contributed by atoms with Crippen molar-refractivity contribution in [3.05, 3.63) is 41.5 Å². The van der Waals surface area contributed by atoms with Gasteiger partial charge in [-0.05, 0) is 85.6 Å². The third-order valence-electron chi connectivity index (χ3n) is 5.68. The van der Waals surface area contributed by atoms with Crippen LogP contribution in [0.4, 0.5) is 0 Å². The number of fused-ring (bicyclic) bond motifs is 3. The van der Waals surface area contributed by atoms with Crippen molar-refractivity contribution in [3.8, 4) is 5.75 Å². The molecule has 0 aliphatic heterocycles. The molecule has 3 rings (SSSR count). The molecule has 1 aromatic rings. The molecule has 0 saturated heterocycles. The van der Waals surface area contributed by atoms with E-state index in [1.54, 1.807) is 13.0 Å². The van der Waals surface area contributed by atoms with Gasteiger partial charge in [0, 0.05) is 6.92 Å². The van der Waals surface area contributed by atoms with Gasteiger partial charge in [-0.25, -0.2) is 0 Å². The van der Waals surface area contributed by atoms with E-state index >= 15 is 0 Å². The number of esters is 1. The van der Waals surface area contributed by atoms with Gasteiger partial charge in [0.1, 0.15) is 5.75 Å². The number of benzene rings is 1. The maximum Gasteiger partial charge on any atom is 0.308 e. The molecule has 3 unspecified atom stereocenters. The number of carbonyl (C=O) groups is 2. The van der Waals surface area contributed by atoms with Crippen molar-refractivity contribution in [2.24, 2.45) is 17.8 Å². The smallest absolute Gasteiger partial charge is 0.308 e. The SMILES string of the molecule is CC(=O)/C=C\C1C2CCc3cc(OC(C)=O)ccc3C2CC[C@H]1C. The zero-order valence-electron chi connectivity index (χ0n) is 14.7. The third kappa shape index (κ3) is 3.45. The van der Waals surface area contributed by atoms with Crippen molar-refractivity contribution >= 4 is 11.8 Å². The Bertz CT molecular complexity index is 674. The van der Waals surface area contributed by atoms with Crippen LogP contribution in [0.5, 0.6) is 5.75 Å². The number of hydrogen-bond donors (Lipinski definition) is 0. The van der Waals surface area contributed by atoms with Crippen LogP contribution in [-0.2, 0) is 16.0 Å². The van der Waals surface area contributed by atoms with Gasteiger partial charge in [0.2, 0.25) is 0 Å². The molecule has 2 aliphatic carbocycles. The van der Waals surface area contributed by atoms with E-state index in [9.17, 15) is 9.59 Å². The van der Waals surface area contributed by atoms with Crippen molar-refractivity contribution in [3.63, 3.8) is 0 Å². The van der Waals surface area contributed by atoms with Gasteiger partial charge in [0.25, 0.3) is 0 Å². The van der Waals surface area contributed by atoms with Gasteiger partial charge in [-0.3, -0.25) is 9.59 Å². The Morgan fingerprint density at radius 1 is 1.17 bits per heavy atom. The van der Waals surface area contributed by atoms with Gasteiger partial charge in [0.15, 0.2) is 5.78 Å². The maximum absolute atomic E-state index is 11.3. The van der Waals surface area contributed by atoms with E-state index in [0.717, 1.165) is 12.8 Å². The summed E-state index contributed by atoms with van der Waals surface area (Å²) in [6.07, 6.45) is 8.46. The molecule has 0 heterocycles. The van der Waals surface area contributed by atoms with Gasteiger partial charge in [0.05, 0.1) is 0 Å². The topological polar surface area (TPSA) is 43.4 Å². The first-order valence-corrected chi connectivity index (χ1v) is 8.95. The Morgan fingerprint density at radius 3 is 2.67 bits per heavy atom. The summed E-state index contributed by atoms with van der Waals surface area (Å²) in [5.41, 5.74) is 2.73. The molecule has 0 N–H and O–H groups in total. The first-order chi connectivity index (χ1) is 11.5. The standard InChI is InChI=1S/C21H26O3/c1-13-4-8-21-19-11-7-17(24-15(3)23)12-16(19)6-10-20(21)18(13)9-5-14(2)22/h5,7,9,11-13,18,20-21H,4,6,8,10H2,1-3H3/b9-5-/t13-,18?,20?,21?/m1/s1. The van der Waals surface area contributed by atoms with E-state index in [0.29, 0.717) is 29.4 Å². The van der Waals surface area contributed by atoms with Gasteiger partial charge in [-0.15, -0.1) is 0 Å². The molecule has 0 bridgehead atoms. The lowest BCUT2D eigenvalue weighted by molar-refractivity contribution is -0.131. The van der Waals surface area contributed by atoms with Gasteiger partial charge < -0.3 is 4.74 Å². The van der Waals surface area contributed by atoms with Crippen LogP contribution < -0.4 is 4.74 Å². The number of carbonyl (C=O) groups excluding carboxylic acids is 2. The average molecular weight is 326 g/mol. The normalized spacial score (nSPS) is 29.0. The minimum Gasteiger partial charge on any atom is -0.427 e. The molecule has 128 valence electrons. The summed E-state index contributed by atoms with van der Waals surface area (Å²) >= 11 is 0. The van der Waals surface area contributed by atoms with Gasteiger partial charge >= 0.3 is 5.97 Å². The minimum atomic E-state index is -0.274. The lowest BCUT2D eigenvalue weighted by atomic mass is 9.60. The highest BCUT2D eigenvalue weighted by Gasteiger charge is 2.39. The molecule has 4 atom stereocenters. The fourth-order valence-corrected chi connectivity index (χ4v) is 4.61. The molecule has 3 heteroatoms. The summed E-state index contributed by atoms with van der Waals surface area (Å²) in [4.78, 5) is 22.5. The lowest BCUT2D eigenvalue weighted by Gasteiger charge is -2.44. The largest absolute Gasteiger partial charge is 0.427 e. The second-order valence-corrected chi connectivity index (χ2v) is 7.37. The molecule has 2 aliphatic rings. The summed E-state index contributed by atoms with van der Waals surface area (Å²) in [7, 11) is 0. The monoisotopic (exact) mass is 326 g/mol. The van der Waals surface area contributed by atoms with Crippen LogP contribution in [0, 0.1) is 17.8 Å². The predicted octanol–water partition coefficient (Wildman–Crippen LogP) is 4.45. The molecule has 1 aromatic carbocycles. The van der Waals surface area contributed by atoms with E-state index in [4.69, 9.17) is 4.74 Å². The second kappa shape index (κ2) is 6.92. The quantitative estimate of drug-likeness (QED) is 0.468. The Labute approximate surface area is 144 Å². The number of allylic oxidation sites excluding steroid dienone is 2. The zero-order chi connectivity index (χ0) is 17.3. The molecule has 0 aromatic heterocycles. The number of ether oxygens (including phenoxy) is 1. The summed E-state index contributed by atoms with van der Waals surface area (Å²) in [6.45, 7) is 5.36. The summed E-state index contributed by atoms with van der Waals surface area (Å²) < 4.78 is 5.23. The Hall–Kier alpha value is -1.90. The molecule has 0 spiro atoms. The number of aryl methyl sites for hydroxylation is 1. The fourth-order valence-electron chi connectivity index (χ4n) is 4.61. The van der Waals surface area contributed by atoms with Gasteiger partial charge in [-0.1, -0.05) is 19.1 Å². The highest BCUT2D eigenvalue weighted by molar-refractivity contribution is 5.87. The summed E-state index contributed by atoms with van der Waals surface area (Å²) in [5.74, 6) is 2.78. The van der Waals surface area contributed by atoms with Crippen LogP contribution in [0.2, 0.25) is 0 Å². The number of ketones is 1. The Kier molecular flexibility index (Phi) is 4.88. The van der Waals surface area contributed by atoms with Crippen LogP contribution in [0.1, 0.15) is 57.1 Å². The van der Waals surface area contributed by atoms with Crippen molar-refractivity contribution in [1.82, 2.24) is 0 Å². The van der Waals surface area contributed by atoms with E-state index in [2.05, 4.69) is 19.1 Å². The minimum absolute atomic E-state index is 0.131. The van der Waals surface area contributed by atoms with E-state index < -0.39 is 0 Å². The molecule has 1 fully saturated rings. The third-order valence-corrected chi connectivity index (χ3v) is 5.68. The lowest BCUT2D eigenvalue weighted by Crippen LogP contribution is -2.34. The molecule has 0 radical (unpaired) electrons. The van der Waals surface area contributed by atoms with Crippen LogP contribution in [-0.4, -0.2) is 11.8 Å². The molecule has 0 amide bonds. The van der Waals surface area contributed by atoms with Crippen molar-refractivity contribution in [1.29, 1.82) is 0 Å². The average Bonchev–Trinajstić information content (AvgIpc) is 2.52. The predicted molar refractivity (Wildman–Crippen MR) is 94.0 cm³/mol. The first-order valence-electron chi connectivity index (χ1n) is 8.95. The molecule has 24 heavy (non-hydrogen) atoms. The van der Waals surface area contributed by atoms with Crippen LogP contribution >= 0.6 is 0 Å². The highest BCUT2D eigenvalue weighted by atomic mass is 16.5. The first kappa shape index (κ1) is 16.9. The second-order valence-electron chi connectivity index (χ2n) is 7.37. The molecular formula is C21H26O3. The molecular weight excluding hydrogens is 300 g/mol. The maximum atomic E-state index is 11.3. The number of hydrogen-bond acceptors (Lipinski definition) is 3. The zero-order valence-corrected chi connectivity index (χ0v) is 14.7. The van der Waals surface area contributed by atoms with E-state index in [1.807, 2.05) is 12.1 Å². The van der Waals surface area contributed by atoms with E-state index in [-0.39, 0.29) is 11.8 Å². The fraction of sp³-hybridized carbons (Fsp3) is 0.524. The van der Waals surface area contributed by atoms with Gasteiger partial charge in [-0.2, -0.15) is 0 Å². The molecule has 1 saturated carbocycles. The van der Waals surface area contributed by atoms with Crippen molar-refractivity contribution in [2.45, 2.75) is 52.4 Å². The van der Waals surface area contributed by atoms with Crippen LogP contribution in [0.3, 0.4) is 0 Å². The Morgan fingerprint density at radius 2 is 1.96 bits per heavy atom. The Balaban J connectivity index is 1.87. The van der Waals surface area contributed by atoms with E-state index in [1.165, 1.54) is 30.9 Å². The van der Waals surface area contributed by atoms with Crippen LogP contribution in [0.15, 0.2) is 30.4 Å².